The Labute approximate surface area is 131 Å². The Balaban J connectivity index is 2.24. The van der Waals surface area contributed by atoms with Crippen molar-refractivity contribution >= 4 is 52.1 Å². The normalized spacial score (nSPS) is 10.5. The lowest BCUT2D eigenvalue weighted by Crippen LogP contribution is -1.99. The number of nitrogen functional groups attached to an aromatic ring is 1. The van der Waals surface area contributed by atoms with Crippen molar-refractivity contribution < 1.29 is 4.74 Å². The third-order valence-electron chi connectivity index (χ3n) is 2.44. The van der Waals surface area contributed by atoms with Gasteiger partial charge in [-0.1, -0.05) is 52.5 Å². The quantitative estimate of drug-likeness (QED) is 0.755. The molecule has 0 amide bonds. The van der Waals surface area contributed by atoms with E-state index in [4.69, 9.17) is 56.9 Å². The van der Waals surface area contributed by atoms with Crippen molar-refractivity contribution in [2.45, 2.75) is 6.61 Å². The lowest BCUT2D eigenvalue weighted by Gasteiger charge is -2.12. The van der Waals surface area contributed by atoms with E-state index in [0.29, 0.717) is 37.1 Å². The molecule has 0 fully saturated rings. The maximum absolute atomic E-state index is 6.05. The summed E-state index contributed by atoms with van der Waals surface area (Å²) in [7, 11) is 0. The zero-order chi connectivity index (χ0) is 14.0. The van der Waals surface area contributed by atoms with Crippen LogP contribution in [0.25, 0.3) is 0 Å². The summed E-state index contributed by atoms with van der Waals surface area (Å²) in [6, 6.07) is 8.36. The highest BCUT2D eigenvalue weighted by Gasteiger charge is 2.11. The molecular formula is C13H9Cl4NO. The van der Waals surface area contributed by atoms with E-state index in [2.05, 4.69) is 0 Å². The van der Waals surface area contributed by atoms with Crippen molar-refractivity contribution in [1.29, 1.82) is 0 Å². The third-order valence-corrected chi connectivity index (χ3v) is 3.71. The average molecular weight is 337 g/mol. The lowest BCUT2D eigenvalue weighted by molar-refractivity contribution is 0.307. The Morgan fingerprint density at radius 2 is 1.42 bits per heavy atom. The van der Waals surface area contributed by atoms with Crippen LogP contribution in [0.5, 0.6) is 5.75 Å². The molecule has 2 nitrogen and oxygen atoms in total. The molecule has 0 aliphatic heterocycles. The maximum atomic E-state index is 6.05. The minimum absolute atomic E-state index is 0.169. The third kappa shape index (κ3) is 3.40. The van der Waals surface area contributed by atoms with Gasteiger partial charge in [0.05, 0.1) is 10.0 Å². The van der Waals surface area contributed by atoms with Crippen molar-refractivity contribution in [1.82, 2.24) is 0 Å². The number of benzene rings is 2. The van der Waals surface area contributed by atoms with Crippen molar-refractivity contribution in [2.24, 2.45) is 0 Å². The number of rotatable bonds is 3. The summed E-state index contributed by atoms with van der Waals surface area (Å²) in [5.74, 6) is 0.355. The molecule has 0 bridgehead atoms. The van der Waals surface area contributed by atoms with Crippen molar-refractivity contribution in [3.05, 3.63) is 56.0 Å². The summed E-state index contributed by atoms with van der Waals surface area (Å²) < 4.78 is 5.58. The molecule has 0 spiro atoms. The van der Waals surface area contributed by atoms with Gasteiger partial charge >= 0.3 is 0 Å². The highest BCUT2D eigenvalue weighted by Crippen LogP contribution is 2.36. The molecule has 0 radical (unpaired) electrons. The first-order chi connectivity index (χ1) is 8.99. The van der Waals surface area contributed by atoms with E-state index >= 15 is 0 Å². The zero-order valence-electron chi connectivity index (χ0n) is 9.59. The summed E-state index contributed by atoms with van der Waals surface area (Å²) in [5, 5.41) is 1.73. The Morgan fingerprint density at radius 3 is 1.95 bits per heavy atom. The maximum Gasteiger partial charge on any atom is 0.157 e. The summed E-state index contributed by atoms with van der Waals surface area (Å²) >= 11 is 24.2. The molecule has 0 aliphatic carbocycles. The SMILES string of the molecule is Nc1cc(Cl)c(OCc2c(Cl)cccc2Cl)c(Cl)c1. The molecule has 0 saturated heterocycles. The van der Waals surface area contributed by atoms with Crippen LogP contribution in [0.2, 0.25) is 20.1 Å². The molecule has 6 heteroatoms. The first kappa shape index (κ1) is 14.6. The summed E-state index contributed by atoms with van der Waals surface area (Å²) in [5.41, 5.74) is 6.76. The number of halogens is 4. The van der Waals surface area contributed by atoms with E-state index in [-0.39, 0.29) is 6.61 Å². The molecule has 2 aromatic rings. The second-order valence-corrected chi connectivity index (χ2v) is 5.43. The fraction of sp³-hybridized carbons (Fsp3) is 0.0769. The molecule has 19 heavy (non-hydrogen) atoms. The number of anilines is 1. The number of nitrogens with two attached hydrogens (primary N) is 1. The highest BCUT2D eigenvalue weighted by atomic mass is 35.5. The second kappa shape index (κ2) is 6.10. The molecule has 0 aromatic heterocycles. The fourth-order valence-electron chi connectivity index (χ4n) is 1.53. The van der Waals surface area contributed by atoms with Crippen molar-refractivity contribution in [2.75, 3.05) is 5.73 Å². The predicted octanol–water partition coefficient (Wildman–Crippen LogP) is 5.46. The molecule has 0 unspecified atom stereocenters. The van der Waals surface area contributed by atoms with Crippen molar-refractivity contribution in [3.63, 3.8) is 0 Å². The molecule has 0 saturated carbocycles. The van der Waals surface area contributed by atoms with Gasteiger partial charge in [0.25, 0.3) is 0 Å². The van der Waals surface area contributed by atoms with Crippen LogP contribution in [-0.4, -0.2) is 0 Å². The van der Waals surface area contributed by atoms with Gasteiger partial charge in [-0.05, 0) is 24.3 Å². The Bertz CT molecular complexity index is 572. The molecule has 0 aliphatic rings. The Kier molecular flexibility index (Phi) is 4.69. The van der Waals surface area contributed by atoms with Crippen LogP contribution in [0.4, 0.5) is 5.69 Å². The fourth-order valence-corrected chi connectivity index (χ4v) is 2.65. The first-order valence-electron chi connectivity index (χ1n) is 5.29. The van der Waals surface area contributed by atoms with Crippen LogP contribution in [-0.2, 0) is 6.61 Å². The van der Waals surface area contributed by atoms with Gasteiger partial charge in [-0.3, -0.25) is 0 Å². The number of ether oxygens (including phenoxy) is 1. The van der Waals surface area contributed by atoms with Crippen LogP contribution >= 0.6 is 46.4 Å². The van der Waals surface area contributed by atoms with E-state index in [0.717, 1.165) is 0 Å². The minimum Gasteiger partial charge on any atom is -0.486 e. The van der Waals surface area contributed by atoms with E-state index in [1.54, 1.807) is 30.3 Å². The molecular weight excluding hydrogens is 328 g/mol. The molecule has 2 aromatic carbocycles. The first-order valence-corrected chi connectivity index (χ1v) is 6.80. The molecule has 0 heterocycles. The standard InChI is InChI=1S/C13H9Cl4NO/c14-9-2-1-3-10(15)8(9)6-19-13-11(16)4-7(18)5-12(13)17/h1-5H,6,18H2. The van der Waals surface area contributed by atoms with Gasteiger partial charge in [0.1, 0.15) is 6.61 Å². The number of hydrogen-bond acceptors (Lipinski definition) is 2. The van der Waals surface area contributed by atoms with Gasteiger partial charge in [-0.15, -0.1) is 0 Å². The van der Waals surface area contributed by atoms with Gasteiger partial charge < -0.3 is 10.5 Å². The molecule has 2 rings (SSSR count). The van der Waals surface area contributed by atoms with Crippen LogP contribution in [0.1, 0.15) is 5.56 Å². The average Bonchev–Trinajstić information content (AvgIpc) is 2.31. The van der Waals surface area contributed by atoms with Crippen LogP contribution in [0, 0.1) is 0 Å². The van der Waals surface area contributed by atoms with E-state index in [1.165, 1.54) is 0 Å². The summed E-state index contributed by atoms with van der Waals surface area (Å²) in [6.45, 7) is 0.169. The Morgan fingerprint density at radius 1 is 0.895 bits per heavy atom. The number of hydrogen-bond donors (Lipinski definition) is 1. The van der Waals surface area contributed by atoms with E-state index in [1.807, 2.05) is 0 Å². The van der Waals surface area contributed by atoms with Gasteiger partial charge in [-0.25, -0.2) is 0 Å². The van der Waals surface area contributed by atoms with Crippen LogP contribution < -0.4 is 10.5 Å². The minimum atomic E-state index is 0.169. The summed E-state index contributed by atoms with van der Waals surface area (Å²) in [6.07, 6.45) is 0. The molecule has 100 valence electrons. The predicted molar refractivity (Wildman–Crippen MR) is 81.7 cm³/mol. The molecule has 0 atom stereocenters. The van der Waals surface area contributed by atoms with Gasteiger partial charge in [0, 0.05) is 21.3 Å². The monoisotopic (exact) mass is 335 g/mol. The topological polar surface area (TPSA) is 35.2 Å². The van der Waals surface area contributed by atoms with Gasteiger partial charge in [0.15, 0.2) is 5.75 Å². The summed E-state index contributed by atoms with van der Waals surface area (Å²) in [4.78, 5) is 0. The second-order valence-electron chi connectivity index (χ2n) is 3.80. The smallest absolute Gasteiger partial charge is 0.157 e. The van der Waals surface area contributed by atoms with Crippen LogP contribution in [0.15, 0.2) is 30.3 Å². The lowest BCUT2D eigenvalue weighted by atomic mass is 10.2. The zero-order valence-corrected chi connectivity index (χ0v) is 12.6. The molecule has 2 N–H and O–H groups in total. The van der Waals surface area contributed by atoms with Gasteiger partial charge in [0.2, 0.25) is 0 Å². The largest absolute Gasteiger partial charge is 0.486 e. The van der Waals surface area contributed by atoms with E-state index < -0.39 is 0 Å². The van der Waals surface area contributed by atoms with Gasteiger partial charge in [-0.2, -0.15) is 0 Å². The van der Waals surface area contributed by atoms with Crippen molar-refractivity contribution in [3.8, 4) is 5.75 Å². The van der Waals surface area contributed by atoms with E-state index in [9.17, 15) is 0 Å². The Hall–Kier alpha value is -0.800. The van der Waals surface area contributed by atoms with Crippen LogP contribution in [0.3, 0.4) is 0 Å². The highest BCUT2D eigenvalue weighted by molar-refractivity contribution is 6.37.